The molecule has 0 aromatic carbocycles. The zero-order chi connectivity index (χ0) is 20.4. The quantitative estimate of drug-likeness (QED) is 0.581. The summed E-state index contributed by atoms with van der Waals surface area (Å²) in [6.07, 6.45) is 2.08. The van der Waals surface area contributed by atoms with Crippen LogP contribution in [0.4, 0.5) is 21.7 Å². The molecule has 3 rings (SSSR count). The van der Waals surface area contributed by atoms with Crippen molar-refractivity contribution in [2.45, 2.75) is 25.6 Å². The molecule has 2 aromatic rings. The number of hydrogen-bond acceptors (Lipinski definition) is 8. The van der Waals surface area contributed by atoms with Gasteiger partial charge in [-0.15, -0.1) is 0 Å². The van der Waals surface area contributed by atoms with Crippen LogP contribution >= 0.6 is 0 Å². The number of carbonyl (C=O) groups is 1. The van der Waals surface area contributed by atoms with Gasteiger partial charge >= 0.3 is 11.7 Å². The van der Waals surface area contributed by atoms with Crippen LogP contribution in [0.5, 0.6) is 0 Å². The van der Waals surface area contributed by atoms with Crippen molar-refractivity contribution in [1.29, 1.82) is 0 Å². The van der Waals surface area contributed by atoms with Crippen LogP contribution in [0.2, 0.25) is 0 Å². The van der Waals surface area contributed by atoms with E-state index in [0.717, 1.165) is 6.07 Å². The molecular weight excluding hydrogens is 371 g/mol. The van der Waals surface area contributed by atoms with Crippen LogP contribution in [-0.4, -0.2) is 63.3 Å². The number of aryl methyl sites for hydroxylation is 1. The Morgan fingerprint density at radius 2 is 2.29 bits per heavy atom. The van der Waals surface area contributed by atoms with E-state index in [-0.39, 0.29) is 31.4 Å². The lowest BCUT2D eigenvalue weighted by Crippen LogP contribution is -2.40. The number of halogens is 1. The Kier molecular flexibility index (Phi) is 5.34. The number of nitrogens with zero attached hydrogens (tertiary/aromatic N) is 6. The molecule has 0 aliphatic carbocycles. The standard InChI is InChI=1S/C17H19FN6O4/c1-10-5-13(17(25)26)15(24(27)28)16(21-10)22(2)8-12-6-11(18)7-23(12)14-3-4-19-9-20-14/h3-5,9,11-12H,6-8H2,1-2H3,(H,25,26)/t11-,12-/m0/s1. The van der Waals surface area contributed by atoms with Crippen LogP contribution in [0.25, 0.3) is 0 Å². The number of pyridine rings is 1. The molecule has 0 bridgehead atoms. The van der Waals surface area contributed by atoms with Crippen LogP contribution in [-0.2, 0) is 0 Å². The summed E-state index contributed by atoms with van der Waals surface area (Å²) in [5.41, 5.74) is -0.668. The van der Waals surface area contributed by atoms with Crippen molar-refractivity contribution in [3.63, 3.8) is 0 Å². The third-order valence-electron chi connectivity index (χ3n) is 4.59. The molecule has 0 saturated carbocycles. The summed E-state index contributed by atoms with van der Waals surface area (Å²) in [5, 5.41) is 20.9. The van der Waals surface area contributed by atoms with Crippen molar-refractivity contribution < 1.29 is 19.2 Å². The van der Waals surface area contributed by atoms with Gasteiger partial charge in [-0.3, -0.25) is 10.1 Å². The van der Waals surface area contributed by atoms with Gasteiger partial charge in [0.05, 0.1) is 17.5 Å². The topological polar surface area (TPSA) is 126 Å². The largest absolute Gasteiger partial charge is 0.477 e. The Morgan fingerprint density at radius 3 is 2.89 bits per heavy atom. The number of aromatic carboxylic acids is 1. The Hall–Kier alpha value is -3.37. The number of carboxylic acid groups (broad SMARTS) is 1. The minimum Gasteiger partial charge on any atom is -0.477 e. The second kappa shape index (κ2) is 7.71. The molecule has 1 aliphatic rings. The lowest BCUT2D eigenvalue weighted by molar-refractivity contribution is -0.384. The van der Waals surface area contributed by atoms with E-state index >= 15 is 0 Å². The van der Waals surface area contributed by atoms with Crippen molar-refractivity contribution >= 4 is 23.3 Å². The van der Waals surface area contributed by atoms with Gasteiger partial charge in [0.2, 0.25) is 5.82 Å². The fourth-order valence-electron chi connectivity index (χ4n) is 3.43. The fraction of sp³-hybridized carbons (Fsp3) is 0.412. The molecule has 0 radical (unpaired) electrons. The maximum absolute atomic E-state index is 14.1. The summed E-state index contributed by atoms with van der Waals surface area (Å²) >= 11 is 0. The molecule has 11 heteroatoms. The van der Waals surface area contributed by atoms with E-state index < -0.39 is 28.3 Å². The molecule has 2 aromatic heterocycles. The van der Waals surface area contributed by atoms with Gasteiger partial charge in [0.1, 0.15) is 23.9 Å². The Bertz CT molecular complexity index is 897. The summed E-state index contributed by atoms with van der Waals surface area (Å²) < 4.78 is 14.1. The average Bonchev–Trinajstić information content (AvgIpc) is 3.01. The summed E-state index contributed by atoms with van der Waals surface area (Å²) in [5.74, 6) is -0.905. The first-order chi connectivity index (χ1) is 13.3. The van der Waals surface area contributed by atoms with Gasteiger partial charge in [-0.1, -0.05) is 0 Å². The lowest BCUT2D eigenvalue weighted by atomic mass is 10.1. The molecular formula is C17H19FN6O4. The monoisotopic (exact) mass is 390 g/mol. The highest BCUT2D eigenvalue weighted by Gasteiger charge is 2.36. The van der Waals surface area contributed by atoms with E-state index in [1.165, 1.54) is 11.2 Å². The highest BCUT2D eigenvalue weighted by Crippen LogP contribution is 2.32. The minimum absolute atomic E-state index is 0.0626. The zero-order valence-electron chi connectivity index (χ0n) is 15.3. The number of nitro groups is 1. The third kappa shape index (κ3) is 3.82. The van der Waals surface area contributed by atoms with Crippen LogP contribution in [0, 0.1) is 17.0 Å². The lowest BCUT2D eigenvalue weighted by Gasteiger charge is -2.29. The molecule has 2 atom stereocenters. The smallest absolute Gasteiger partial charge is 0.342 e. The van der Waals surface area contributed by atoms with Gasteiger partial charge < -0.3 is 14.9 Å². The van der Waals surface area contributed by atoms with Gasteiger partial charge in [0.15, 0.2) is 0 Å². The zero-order valence-corrected chi connectivity index (χ0v) is 15.3. The van der Waals surface area contributed by atoms with Gasteiger partial charge in [-0.2, -0.15) is 0 Å². The predicted molar refractivity (Wildman–Crippen MR) is 98.5 cm³/mol. The molecule has 0 unspecified atom stereocenters. The van der Waals surface area contributed by atoms with Crippen molar-refractivity contribution in [3.8, 4) is 0 Å². The van der Waals surface area contributed by atoms with E-state index in [1.54, 1.807) is 31.1 Å². The summed E-state index contributed by atoms with van der Waals surface area (Å²) in [4.78, 5) is 37.7. The van der Waals surface area contributed by atoms with E-state index in [1.807, 2.05) is 0 Å². The molecule has 1 aliphatic heterocycles. The molecule has 0 amide bonds. The highest BCUT2D eigenvalue weighted by atomic mass is 19.1. The molecule has 0 spiro atoms. The number of aromatic nitrogens is 3. The van der Waals surface area contributed by atoms with Crippen molar-refractivity contribution in [2.75, 3.05) is 29.9 Å². The Labute approximate surface area is 159 Å². The summed E-state index contributed by atoms with van der Waals surface area (Å²) in [6, 6.07) is 2.52. The predicted octanol–water partition coefficient (Wildman–Crippen LogP) is 1.84. The molecule has 10 nitrogen and oxygen atoms in total. The van der Waals surface area contributed by atoms with Crippen LogP contribution < -0.4 is 9.80 Å². The first kappa shape index (κ1) is 19.4. The van der Waals surface area contributed by atoms with Gasteiger partial charge in [-0.25, -0.2) is 24.1 Å². The number of alkyl halides is 1. The molecule has 1 fully saturated rings. The number of likely N-dealkylation sites (N-methyl/N-ethyl adjacent to an activating group) is 1. The second-order valence-electron chi connectivity index (χ2n) is 6.63. The number of carboxylic acids is 1. The average molecular weight is 390 g/mol. The van der Waals surface area contributed by atoms with Gasteiger partial charge in [-0.05, 0) is 19.1 Å². The molecule has 3 heterocycles. The second-order valence-corrected chi connectivity index (χ2v) is 6.63. The van der Waals surface area contributed by atoms with Crippen LogP contribution in [0.1, 0.15) is 22.5 Å². The molecule has 28 heavy (non-hydrogen) atoms. The van der Waals surface area contributed by atoms with E-state index in [9.17, 15) is 24.4 Å². The molecule has 1 saturated heterocycles. The van der Waals surface area contributed by atoms with Crippen molar-refractivity contribution in [2.24, 2.45) is 0 Å². The van der Waals surface area contributed by atoms with E-state index in [0.29, 0.717) is 11.5 Å². The van der Waals surface area contributed by atoms with Crippen LogP contribution in [0.15, 0.2) is 24.7 Å². The van der Waals surface area contributed by atoms with Gasteiger partial charge in [0.25, 0.3) is 0 Å². The van der Waals surface area contributed by atoms with Crippen LogP contribution in [0.3, 0.4) is 0 Å². The van der Waals surface area contributed by atoms with Crippen molar-refractivity contribution in [3.05, 3.63) is 46.0 Å². The van der Waals surface area contributed by atoms with Gasteiger partial charge in [0, 0.05) is 31.9 Å². The molecule has 148 valence electrons. The number of anilines is 2. The maximum atomic E-state index is 14.1. The Morgan fingerprint density at radius 1 is 1.54 bits per heavy atom. The SMILES string of the molecule is Cc1cc(C(=O)O)c([N+](=O)[O-])c(N(C)C[C@@H]2C[C@H](F)CN2c2ccncn2)n1. The van der Waals surface area contributed by atoms with E-state index in [2.05, 4.69) is 15.0 Å². The number of rotatable bonds is 6. The van der Waals surface area contributed by atoms with Crippen molar-refractivity contribution in [1.82, 2.24) is 15.0 Å². The van der Waals surface area contributed by atoms with E-state index in [4.69, 9.17) is 0 Å². The summed E-state index contributed by atoms with van der Waals surface area (Å²) in [7, 11) is 1.57. The Balaban J connectivity index is 1.93. The summed E-state index contributed by atoms with van der Waals surface area (Å²) in [6.45, 7) is 1.92. The normalized spacial score (nSPS) is 18.9. The molecule has 1 N–H and O–H groups in total. The maximum Gasteiger partial charge on any atom is 0.342 e. The third-order valence-corrected chi connectivity index (χ3v) is 4.59. The first-order valence-electron chi connectivity index (χ1n) is 8.55. The fourth-order valence-corrected chi connectivity index (χ4v) is 3.43. The first-order valence-corrected chi connectivity index (χ1v) is 8.55. The highest BCUT2D eigenvalue weighted by molar-refractivity contribution is 5.95. The number of hydrogen-bond donors (Lipinski definition) is 1. The minimum atomic E-state index is -1.40.